The first-order valence-electron chi connectivity index (χ1n) is 6.56. The van der Waals surface area contributed by atoms with Gasteiger partial charge in [0.25, 0.3) is 0 Å². The van der Waals surface area contributed by atoms with E-state index in [1.165, 1.54) is 23.3 Å². The van der Waals surface area contributed by atoms with Crippen molar-refractivity contribution < 1.29 is 5.11 Å². The van der Waals surface area contributed by atoms with E-state index in [0.29, 0.717) is 0 Å². The summed E-state index contributed by atoms with van der Waals surface area (Å²) in [4.78, 5) is 1.45. The quantitative estimate of drug-likeness (QED) is 0.923. The van der Waals surface area contributed by atoms with Gasteiger partial charge in [-0.3, -0.25) is 4.68 Å². The summed E-state index contributed by atoms with van der Waals surface area (Å²) in [6, 6.07) is 2.18. The first-order chi connectivity index (χ1) is 8.79. The van der Waals surface area contributed by atoms with E-state index in [9.17, 15) is 5.11 Å². The monoisotopic (exact) mass is 262 g/mol. The zero-order valence-corrected chi connectivity index (χ0v) is 11.4. The van der Waals surface area contributed by atoms with Crippen molar-refractivity contribution in [3.63, 3.8) is 0 Å². The highest BCUT2D eigenvalue weighted by molar-refractivity contribution is 7.10. The van der Waals surface area contributed by atoms with Crippen molar-refractivity contribution >= 4 is 11.3 Å². The fraction of sp³-hybridized carbons (Fsp3) is 0.500. The Morgan fingerprint density at radius 3 is 3.28 bits per heavy atom. The van der Waals surface area contributed by atoms with Gasteiger partial charge in [-0.25, -0.2) is 0 Å². The van der Waals surface area contributed by atoms with Crippen molar-refractivity contribution in [2.45, 2.75) is 44.8 Å². The highest BCUT2D eigenvalue weighted by atomic mass is 32.1. The van der Waals surface area contributed by atoms with E-state index in [1.807, 2.05) is 22.2 Å². The Kier molecular flexibility index (Phi) is 3.22. The maximum absolute atomic E-state index is 10.6. The van der Waals surface area contributed by atoms with Gasteiger partial charge in [0.15, 0.2) is 0 Å². The molecule has 0 bridgehead atoms. The van der Waals surface area contributed by atoms with Crippen LogP contribution in [0.4, 0.5) is 0 Å². The third-order valence-corrected chi connectivity index (χ3v) is 4.79. The van der Waals surface area contributed by atoms with Gasteiger partial charge >= 0.3 is 0 Å². The van der Waals surface area contributed by atoms with Crippen LogP contribution in [0, 0.1) is 0 Å². The molecule has 3 nitrogen and oxygen atoms in total. The molecule has 0 radical (unpaired) electrons. The van der Waals surface area contributed by atoms with Gasteiger partial charge in [-0.1, -0.05) is 0 Å². The van der Waals surface area contributed by atoms with Crippen LogP contribution in [0.1, 0.15) is 47.8 Å². The van der Waals surface area contributed by atoms with E-state index in [0.717, 1.165) is 18.5 Å². The summed E-state index contributed by atoms with van der Waals surface area (Å²) in [5.74, 6) is 0.245. The maximum Gasteiger partial charge on any atom is 0.0889 e. The predicted octanol–water partition coefficient (Wildman–Crippen LogP) is 3.12. The largest absolute Gasteiger partial charge is 0.388 e. The fourth-order valence-corrected chi connectivity index (χ4v) is 3.78. The minimum Gasteiger partial charge on any atom is -0.388 e. The van der Waals surface area contributed by atoms with Crippen molar-refractivity contribution in [1.82, 2.24) is 9.78 Å². The van der Waals surface area contributed by atoms with Gasteiger partial charge in [0, 0.05) is 29.1 Å². The molecule has 2 heterocycles. The van der Waals surface area contributed by atoms with E-state index in [-0.39, 0.29) is 5.92 Å². The molecular formula is C14H18N2OS. The van der Waals surface area contributed by atoms with Gasteiger partial charge in [0.1, 0.15) is 0 Å². The van der Waals surface area contributed by atoms with E-state index >= 15 is 0 Å². The number of aliphatic hydroxyl groups is 1. The van der Waals surface area contributed by atoms with Gasteiger partial charge in [-0.15, -0.1) is 11.3 Å². The number of hydrogen-bond acceptors (Lipinski definition) is 3. The molecule has 4 heteroatoms. The van der Waals surface area contributed by atoms with E-state index in [2.05, 4.69) is 23.5 Å². The summed E-state index contributed by atoms with van der Waals surface area (Å²) in [5, 5.41) is 17.0. The highest BCUT2D eigenvalue weighted by Gasteiger charge is 2.29. The third kappa shape index (κ3) is 1.99. The van der Waals surface area contributed by atoms with Crippen LogP contribution in [0.15, 0.2) is 23.8 Å². The smallest absolute Gasteiger partial charge is 0.0889 e. The fourth-order valence-electron chi connectivity index (χ4n) is 2.79. The highest BCUT2D eigenvalue weighted by Crippen LogP contribution is 2.42. The zero-order chi connectivity index (χ0) is 12.5. The number of nitrogens with zero attached hydrogens (tertiary/aromatic N) is 2. The molecule has 0 saturated carbocycles. The maximum atomic E-state index is 10.6. The summed E-state index contributed by atoms with van der Waals surface area (Å²) in [6.45, 7) is 2.90. The molecule has 1 aliphatic rings. The van der Waals surface area contributed by atoms with Crippen LogP contribution in [0.5, 0.6) is 0 Å². The van der Waals surface area contributed by atoms with Crippen molar-refractivity contribution in [3.05, 3.63) is 39.8 Å². The van der Waals surface area contributed by atoms with E-state index < -0.39 is 6.10 Å². The van der Waals surface area contributed by atoms with Crippen LogP contribution in [0.3, 0.4) is 0 Å². The van der Waals surface area contributed by atoms with Crippen molar-refractivity contribution in [2.75, 3.05) is 0 Å². The lowest BCUT2D eigenvalue weighted by Crippen LogP contribution is -2.15. The van der Waals surface area contributed by atoms with E-state index in [1.54, 1.807) is 6.20 Å². The lowest BCUT2D eigenvalue weighted by Gasteiger charge is -2.26. The summed E-state index contributed by atoms with van der Waals surface area (Å²) in [7, 11) is 0. The van der Waals surface area contributed by atoms with Crippen LogP contribution < -0.4 is 0 Å². The molecule has 18 heavy (non-hydrogen) atoms. The number of hydrogen-bond donors (Lipinski definition) is 1. The van der Waals surface area contributed by atoms with Gasteiger partial charge in [-0.05, 0) is 43.2 Å². The lowest BCUT2D eigenvalue weighted by atomic mass is 9.82. The molecule has 1 N–H and O–H groups in total. The average molecular weight is 262 g/mol. The van der Waals surface area contributed by atoms with Crippen LogP contribution in [0.25, 0.3) is 0 Å². The normalized spacial score (nSPS) is 20.7. The number of thiophene rings is 1. The number of aromatic nitrogens is 2. The Bertz CT molecular complexity index is 531. The molecule has 2 atom stereocenters. The van der Waals surface area contributed by atoms with Gasteiger partial charge < -0.3 is 5.11 Å². The number of aryl methyl sites for hydroxylation is 2. The summed E-state index contributed by atoms with van der Waals surface area (Å²) in [6.07, 6.45) is 6.77. The van der Waals surface area contributed by atoms with Crippen molar-refractivity contribution in [1.29, 1.82) is 0 Å². The first kappa shape index (κ1) is 11.9. The summed E-state index contributed by atoms with van der Waals surface area (Å²) in [5.41, 5.74) is 2.30. The molecule has 0 aromatic carbocycles. The SMILES string of the molecule is CCn1cc(C(O)C2CCCc3sccc32)cn1. The molecule has 0 amide bonds. The van der Waals surface area contributed by atoms with Crippen molar-refractivity contribution in [3.8, 4) is 0 Å². The Morgan fingerprint density at radius 2 is 2.50 bits per heavy atom. The van der Waals surface area contributed by atoms with Crippen LogP contribution in [-0.4, -0.2) is 14.9 Å². The number of rotatable bonds is 3. The molecule has 0 saturated heterocycles. The molecule has 1 aliphatic carbocycles. The second-order valence-electron chi connectivity index (χ2n) is 4.87. The molecule has 3 rings (SSSR count). The second-order valence-corrected chi connectivity index (χ2v) is 5.87. The number of aliphatic hydroxyl groups excluding tert-OH is 1. The van der Waals surface area contributed by atoms with Crippen LogP contribution in [0.2, 0.25) is 0 Å². The predicted molar refractivity (Wildman–Crippen MR) is 72.9 cm³/mol. The lowest BCUT2D eigenvalue weighted by molar-refractivity contribution is 0.136. The molecule has 2 aromatic rings. The molecular weight excluding hydrogens is 244 g/mol. The standard InChI is InChI=1S/C14H18N2OS/c1-2-16-9-10(8-15-16)14(17)12-4-3-5-13-11(12)6-7-18-13/h6-9,12,14,17H,2-5H2,1H3. The van der Waals surface area contributed by atoms with E-state index in [4.69, 9.17) is 0 Å². The molecule has 0 fully saturated rings. The van der Waals surface area contributed by atoms with Gasteiger partial charge in [-0.2, -0.15) is 5.10 Å². The molecule has 0 spiro atoms. The van der Waals surface area contributed by atoms with Crippen LogP contribution in [-0.2, 0) is 13.0 Å². The average Bonchev–Trinajstić information content (AvgIpc) is 3.05. The molecule has 0 aliphatic heterocycles. The topological polar surface area (TPSA) is 38.0 Å². The Morgan fingerprint density at radius 1 is 1.61 bits per heavy atom. The molecule has 2 unspecified atom stereocenters. The zero-order valence-electron chi connectivity index (χ0n) is 10.5. The summed E-state index contributed by atoms with van der Waals surface area (Å²) >= 11 is 1.82. The van der Waals surface area contributed by atoms with Gasteiger partial charge in [0.05, 0.1) is 12.3 Å². The molecule has 96 valence electrons. The summed E-state index contributed by atoms with van der Waals surface area (Å²) < 4.78 is 1.87. The number of fused-ring (bicyclic) bond motifs is 1. The Hall–Kier alpha value is -1.13. The first-order valence-corrected chi connectivity index (χ1v) is 7.44. The Balaban J connectivity index is 1.87. The minimum atomic E-state index is -0.418. The third-order valence-electron chi connectivity index (χ3n) is 3.80. The van der Waals surface area contributed by atoms with Crippen LogP contribution >= 0.6 is 11.3 Å². The van der Waals surface area contributed by atoms with Gasteiger partial charge in [0.2, 0.25) is 0 Å². The second kappa shape index (κ2) is 4.86. The minimum absolute atomic E-state index is 0.245. The Labute approximate surface area is 111 Å². The van der Waals surface area contributed by atoms with Crippen molar-refractivity contribution in [2.24, 2.45) is 0 Å². The molecule has 2 aromatic heterocycles.